The number of Topliss-reactive ketones (excluding diaryl/α,β-unsaturated/α-hetero) is 1. The van der Waals surface area contributed by atoms with Crippen molar-refractivity contribution in [2.45, 2.75) is 24.7 Å². The molecule has 4 heteroatoms. The van der Waals surface area contributed by atoms with Gasteiger partial charge in [-0.2, -0.15) is 0 Å². The van der Waals surface area contributed by atoms with Gasteiger partial charge in [-0.3, -0.25) is 4.79 Å². The number of carbonyl (C=O) groups is 1. The van der Waals surface area contributed by atoms with Crippen LogP contribution in [-0.2, 0) is 6.54 Å². The largest absolute Gasteiger partial charge is 0.340 e. The van der Waals surface area contributed by atoms with Crippen molar-refractivity contribution in [3.05, 3.63) is 48.0 Å². The second-order valence-electron chi connectivity index (χ2n) is 5.14. The van der Waals surface area contributed by atoms with E-state index in [0.717, 1.165) is 33.9 Å². The minimum Gasteiger partial charge on any atom is -0.340 e. The predicted molar refractivity (Wildman–Crippen MR) is 89.6 cm³/mol. The normalized spacial score (nSPS) is 11.6. The first-order valence-electron chi connectivity index (χ1n) is 6.88. The molecule has 1 heterocycles. The number of hydrogen-bond acceptors (Lipinski definition) is 1. The number of aryl methyl sites for hydroxylation is 1. The number of hydrogen-bond donors (Lipinski definition) is 0. The lowest BCUT2D eigenvalue weighted by Gasteiger charge is -2.08. The number of benzene rings is 2. The number of fused-ring (bicyclic) bond motifs is 3. The van der Waals surface area contributed by atoms with Crippen LogP contribution in [0, 0.1) is 0 Å². The summed E-state index contributed by atoms with van der Waals surface area (Å²) >= 11 is 11.7. The highest BCUT2D eigenvalue weighted by Gasteiger charge is 2.12. The molecule has 0 saturated heterocycles. The van der Waals surface area contributed by atoms with E-state index in [9.17, 15) is 4.79 Å². The molecule has 0 radical (unpaired) electrons. The van der Waals surface area contributed by atoms with Crippen molar-refractivity contribution in [2.75, 3.05) is 0 Å². The molecule has 0 aliphatic rings. The maximum absolute atomic E-state index is 11.6. The van der Waals surface area contributed by atoms with Gasteiger partial charge >= 0.3 is 0 Å². The molecule has 1 aromatic heterocycles. The van der Waals surface area contributed by atoms with E-state index in [1.165, 1.54) is 0 Å². The summed E-state index contributed by atoms with van der Waals surface area (Å²) in [7, 11) is 0. The van der Waals surface area contributed by atoms with E-state index in [-0.39, 0.29) is 10.6 Å². The van der Waals surface area contributed by atoms with E-state index in [4.69, 9.17) is 23.2 Å². The van der Waals surface area contributed by atoms with Gasteiger partial charge in [0, 0.05) is 33.9 Å². The van der Waals surface area contributed by atoms with Crippen molar-refractivity contribution in [3.8, 4) is 0 Å². The van der Waals surface area contributed by atoms with Crippen LogP contribution in [0.15, 0.2) is 42.5 Å². The van der Waals surface area contributed by atoms with Crippen LogP contribution in [-0.4, -0.2) is 15.2 Å². The van der Waals surface area contributed by atoms with E-state index in [1.54, 1.807) is 6.92 Å². The minimum absolute atomic E-state index is 0.0790. The fraction of sp³-hybridized carbons (Fsp3) is 0.235. The van der Waals surface area contributed by atoms with Crippen LogP contribution >= 0.6 is 23.2 Å². The zero-order chi connectivity index (χ0) is 15.0. The Morgan fingerprint density at radius 2 is 1.81 bits per heavy atom. The maximum Gasteiger partial charge on any atom is 0.159 e. The van der Waals surface area contributed by atoms with Crippen LogP contribution in [0.25, 0.3) is 21.8 Å². The minimum atomic E-state index is -0.377. The second-order valence-corrected chi connectivity index (χ2v) is 6.41. The standard InChI is InChI=1S/C17H15Cl2NO/c1-11(21)12-6-7-16-14(10-12)13-4-2-3-5-15(13)20(16)9-8-17(18)19/h2-7,10,17H,8-9H2,1H3. The molecule has 0 saturated carbocycles. The molecule has 2 nitrogen and oxygen atoms in total. The van der Waals surface area contributed by atoms with Gasteiger partial charge in [-0.1, -0.05) is 18.2 Å². The average molecular weight is 320 g/mol. The summed E-state index contributed by atoms with van der Waals surface area (Å²) in [6.07, 6.45) is 0.686. The van der Waals surface area contributed by atoms with Gasteiger partial charge in [0.1, 0.15) is 4.84 Å². The highest BCUT2D eigenvalue weighted by molar-refractivity contribution is 6.44. The fourth-order valence-electron chi connectivity index (χ4n) is 2.74. The molecule has 0 unspecified atom stereocenters. The predicted octanol–water partition coefficient (Wildman–Crippen LogP) is 5.19. The number of nitrogens with zero attached hydrogens (tertiary/aromatic N) is 1. The van der Waals surface area contributed by atoms with E-state index < -0.39 is 0 Å². The Balaban J connectivity index is 2.26. The van der Waals surface area contributed by atoms with Crippen molar-refractivity contribution >= 4 is 50.8 Å². The number of rotatable bonds is 4. The van der Waals surface area contributed by atoms with Gasteiger partial charge in [0.25, 0.3) is 0 Å². The molecule has 0 aliphatic carbocycles. The van der Waals surface area contributed by atoms with Crippen molar-refractivity contribution in [3.63, 3.8) is 0 Å². The number of halogens is 2. The quantitative estimate of drug-likeness (QED) is 0.479. The van der Waals surface area contributed by atoms with Crippen LogP contribution in [0.5, 0.6) is 0 Å². The molecule has 0 aliphatic heterocycles. The molecular formula is C17H15Cl2NO. The lowest BCUT2D eigenvalue weighted by molar-refractivity contribution is 0.101. The highest BCUT2D eigenvalue weighted by atomic mass is 35.5. The Labute approximate surface area is 133 Å². The van der Waals surface area contributed by atoms with Gasteiger partial charge in [-0.25, -0.2) is 0 Å². The monoisotopic (exact) mass is 319 g/mol. The molecule has 0 spiro atoms. The van der Waals surface area contributed by atoms with Crippen LogP contribution in [0.2, 0.25) is 0 Å². The first kappa shape index (κ1) is 14.4. The summed E-state index contributed by atoms with van der Waals surface area (Å²) in [6, 6.07) is 14.0. The molecule has 0 bridgehead atoms. The third kappa shape index (κ3) is 2.66. The van der Waals surface area contributed by atoms with Crippen LogP contribution < -0.4 is 0 Å². The first-order chi connectivity index (χ1) is 10.1. The fourth-order valence-corrected chi connectivity index (χ4v) is 2.94. The number of para-hydroxylation sites is 1. The third-order valence-electron chi connectivity index (χ3n) is 3.75. The Kier molecular flexibility index (Phi) is 3.92. The number of carbonyl (C=O) groups excluding carboxylic acids is 1. The average Bonchev–Trinajstić information content (AvgIpc) is 2.78. The van der Waals surface area contributed by atoms with E-state index >= 15 is 0 Å². The van der Waals surface area contributed by atoms with Gasteiger partial charge in [-0.15, -0.1) is 23.2 Å². The van der Waals surface area contributed by atoms with E-state index in [1.807, 2.05) is 30.3 Å². The molecule has 0 amide bonds. The smallest absolute Gasteiger partial charge is 0.159 e. The van der Waals surface area contributed by atoms with Gasteiger partial charge in [0.05, 0.1) is 0 Å². The van der Waals surface area contributed by atoms with Crippen LogP contribution in [0.1, 0.15) is 23.7 Å². The van der Waals surface area contributed by atoms with Crippen LogP contribution in [0.4, 0.5) is 0 Å². The van der Waals surface area contributed by atoms with Crippen LogP contribution in [0.3, 0.4) is 0 Å². The van der Waals surface area contributed by atoms with Gasteiger partial charge in [0.2, 0.25) is 0 Å². The van der Waals surface area contributed by atoms with E-state index in [2.05, 4.69) is 16.7 Å². The lowest BCUT2D eigenvalue weighted by Crippen LogP contribution is -2.01. The van der Waals surface area contributed by atoms with Crippen molar-refractivity contribution in [1.29, 1.82) is 0 Å². The second kappa shape index (κ2) is 5.70. The Morgan fingerprint density at radius 3 is 2.52 bits per heavy atom. The molecule has 2 aromatic carbocycles. The summed E-state index contributed by atoms with van der Waals surface area (Å²) in [5.74, 6) is 0.0790. The lowest BCUT2D eigenvalue weighted by atomic mass is 10.1. The zero-order valence-electron chi connectivity index (χ0n) is 11.6. The molecule has 108 valence electrons. The van der Waals surface area contributed by atoms with Gasteiger partial charge in [-0.05, 0) is 37.6 Å². The molecule has 0 fully saturated rings. The van der Waals surface area contributed by atoms with Gasteiger partial charge < -0.3 is 4.57 Å². The van der Waals surface area contributed by atoms with Gasteiger partial charge in [0.15, 0.2) is 5.78 Å². The molecule has 3 aromatic rings. The molecule has 0 atom stereocenters. The highest BCUT2D eigenvalue weighted by Crippen LogP contribution is 2.30. The zero-order valence-corrected chi connectivity index (χ0v) is 13.2. The maximum atomic E-state index is 11.6. The number of aromatic nitrogens is 1. The van der Waals surface area contributed by atoms with Crippen molar-refractivity contribution in [2.24, 2.45) is 0 Å². The molecule has 3 rings (SSSR count). The summed E-state index contributed by atoms with van der Waals surface area (Å²) in [4.78, 5) is 11.2. The Bertz CT molecular complexity index is 820. The summed E-state index contributed by atoms with van der Waals surface area (Å²) in [5, 5.41) is 2.25. The Hall–Kier alpha value is -1.51. The summed E-state index contributed by atoms with van der Waals surface area (Å²) < 4.78 is 2.21. The molecule has 0 N–H and O–H groups in total. The number of ketones is 1. The molecular weight excluding hydrogens is 305 g/mol. The SMILES string of the molecule is CC(=O)c1ccc2c(c1)c1ccccc1n2CCC(Cl)Cl. The summed E-state index contributed by atoms with van der Waals surface area (Å²) in [5.41, 5.74) is 2.98. The van der Waals surface area contributed by atoms with E-state index in [0.29, 0.717) is 6.42 Å². The van der Waals surface area contributed by atoms with Crippen molar-refractivity contribution < 1.29 is 4.79 Å². The Morgan fingerprint density at radius 1 is 1.10 bits per heavy atom. The van der Waals surface area contributed by atoms with Crippen molar-refractivity contribution in [1.82, 2.24) is 4.57 Å². The summed E-state index contributed by atoms with van der Waals surface area (Å²) in [6.45, 7) is 2.34. The third-order valence-corrected chi connectivity index (χ3v) is 4.19. The topological polar surface area (TPSA) is 22.0 Å². The first-order valence-corrected chi connectivity index (χ1v) is 7.75. The molecule has 21 heavy (non-hydrogen) atoms. The number of alkyl halides is 2.